The number of hydrogen-bond donors (Lipinski definition) is 1. The van der Waals surface area contributed by atoms with E-state index < -0.39 is 0 Å². The van der Waals surface area contributed by atoms with E-state index in [0.29, 0.717) is 24.2 Å². The second-order valence-corrected chi connectivity index (χ2v) is 8.63. The molecule has 1 N–H and O–H groups in total. The van der Waals surface area contributed by atoms with Gasteiger partial charge in [-0.15, -0.1) is 0 Å². The summed E-state index contributed by atoms with van der Waals surface area (Å²) in [6, 6.07) is 0. The Kier molecular flexibility index (Phi) is 3.44. The summed E-state index contributed by atoms with van der Waals surface area (Å²) in [6.45, 7) is 2.79. The molecule has 7 atom stereocenters. The maximum Gasteiger partial charge on any atom is 0.133 e. The molecule has 0 aromatic rings. The van der Waals surface area contributed by atoms with Gasteiger partial charge < -0.3 is 5.11 Å². The number of aliphatic hydroxyl groups excluding tert-OH is 1. The van der Waals surface area contributed by atoms with Crippen molar-refractivity contribution in [2.75, 3.05) is 6.61 Å². The molecule has 0 heterocycles. The van der Waals surface area contributed by atoms with Crippen LogP contribution in [0.5, 0.6) is 0 Å². The first kappa shape index (κ1) is 14.2. The molecule has 4 aliphatic rings. The fourth-order valence-corrected chi connectivity index (χ4v) is 7.08. The minimum Gasteiger partial charge on any atom is -0.396 e. The smallest absolute Gasteiger partial charge is 0.133 e. The second-order valence-electron chi connectivity index (χ2n) is 8.63. The Morgan fingerprint density at radius 1 is 1.05 bits per heavy atom. The van der Waals surface area contributed by atoms with Crippen LogP contribution in [0, 0.1) is 40.9 Å². The van der Waals surface area contributed by atoms with Gasteiger partial charge in [0, 0.05) is 19.4 Å². The molecule has 4 fully saturated rings. The molecule has 0 amide bonds. The van der Waals surface area contributed by atoms with Crippen molar-refractivity contribution in [3.8, 4) is 0 Å². The fourth-order valence-electron chi connectivity index (χ4n) is 7.08. The van der Waals surface area contributed by atoms with Gasteiger partial charge in [-0.05, 0) is 85.9 Å². The zero-order valence-corrected chi connectivity index (χ0v) is 13.4. The van der Waals surface area contributed by atoms with Crippen LogP contribution in [-0.2, 0) is 4.79 Å². The van der Waals surface area contributed by atoms with E-state index in [1.807, 2.05) is 0 Å². The number of hydrogen-bond acceptors (Lipinski definition) is 2. The van der Waals surface area contributed by atoms with E-state index in [2.05, 4.69) is 6.92 Å². The molecule has 4 rings (SSSR count). The van der Waals surface area contributed by atoms with Crippen molar-refractivity contribution in [1.82, 2.24) is 0 Å². The van der Waals surface area contributed by atoms with Crippen LogP contribution in [-0.4, -0.2) is 17.5 Å². The summed E-state index contributed by atoms with van der Waals surface area (Å²) < 4.78 is 0. The van der Waals surface area contributed by atoms with Crippen molar-refractivity contribution in [2.45, 2.75) is 64.7 Å². The van der Waals surface area contributed by atoms with Crippen molar-refractivity contribution >= 4 is 5.78 Å². The Hall–Kier alpha value is -0.370. The highest BCUT2D eigenvalue weighted by molar-refractivity contribution is 5.79. The molecule has 21 heavy (non-hydrogen) atoms. The zero-order valence-electron chi connectivity index (χ0n) is 13.4. The van der Waals surface area contributed by atoms with Gasteiger partial charge in [-0.3, -0.25) is 4.79 Å². The molecule has 0 radical (unpaired) electrons. The average Bonchev–Trinajstić information content (AvgIpc) is 2.84. The molecule has 4 saturated carbocycles. The summed E-state index contributed by atoms with van der Waals surface area (Å²) in [5.74, 6) is 5.25. The molecule has 2 heteroatoms. The highest BCUT2D eigenvalue weighted by Gasteiger charge is 2.57. The molecule has 0 spiro atoms. The summed E-state index contributed by atoms with van der Waals surface area (Å²) in [4.78, 5) is 11.8. The maximum atomic E-state index is 11.8. The lowest BCUT2D eigenvalue weighted by atomic mass is 9.49. The van der Waals surface area contributed by atoms with E-state index >= 15 is 0 Å². The summed E-state index contributed by atoms with van der Waals surface area (Å²) in [6.07, 6.45) is 10.7. The Balaban J connectivity index is 1.59. The molecular formula is C19H30O2. The van der Waals surface area contributed by atoms with Crippen LogP contribution >= 0.6 is 0 Å². The van der Waals surface area contributed by atoms with Gasteiger partial charge in [-0.1, -0.05) is 6.92 Å². The molecule has 0 aliphatic heterocycles. The molecule has 0 saturated heterocycles. The number of aliphatic hydroxyl groups is 1. The second kappa shape index (κ2) is 5.08. The minimum atomic E-state index is 0.249. The normalized spacial score (nSPS) is 53.0. The van der Waals surface area contributed by atoms with E-state index in [-0.39, 0.29) is 5.41 Å². The Bertz CT molecular complexity index is 431. The molecule has 0 aromatic carbocycles. The van der Waals surface area contributed by atoms with Crippen LogP contribution in [0.2, 0.25) is 0 Å². The summed E-state index contributed by atoms with van der Waals surface area (Å²) >= 11 is 0. The van der Waals surface area contributed by atoms with Crippen LogP contribution in [0.15, 0.2) is 0 Å². The van der Waals surface area contributed by atoms with E-state index in [1.54, 1.807) is 0 Å². The molecule has 0 aromatic heterocycles. The van der Waals surface area contributed by atoms with Gasteiger partial charge in [0.25, 0.3) is 0 Å². The standard InChI is InChI=1S/C19H30O2/c1-12-2-7-18-17-5-3-13-10-14(21)4-6-15(13)16(17)8-9-19(12,18)11-20/h12-13,15-18,20H,2-11H2,1H3/t12-,13?,15?,16?,17?,18?,19-/m0/s1. The third-order valence-corrected chi connectivity index (χ3v) is 8.21. The lowest BCUT2D eigenvalue weighted by Gasteiger charge is -2.55. The molecule has 2 nitrogen and oxygen atoms in total. The van der Waals surface area contributed by atoms with E-state index in [1.165, 1.54) is 44.9 Å². The highest BCUT2D eigenvalue weighted by Crippen LogP contribution is 2.63. The van der Waals surface area contributed by atoms with Crippen molar-refractivity contribution in [1.29, 1.82) is 0 Å². The van der Waals surface area contributed by atoms with Gasteiger partial charge in [0.05, 0.1) is 0 Å². The van der Waals surface area contributed by atoms with Gasteiger partial charge in [0.2, 0.25) is 0 Å². The van der Waals surface area contributed by atoms with Crippen molar-refractivity contribution in [3.05, 3.63) is 0 Å². The Morgan fingerprint density at radius 3 is 2.71 bits per heavy atom. The molecule has 4 aliphatic carbocycles. The van der Waals surface area contributed by atoms with Crippen molar-refractivity contribution in [3.63, 3.8) is 0 Å². The largest absolute Gasteiger partial charge is 0.396 e. The molecule has 5 unspecified atom stereocenters. The fraction of sp³-hybridized carbons (Fsp3) is 0.947. The van der Waals surface area contributed by atoms with Crippen molar-refractivity contribution in [2.24, 2.45) is 40.9 Å². The SMILES string of the molecule is C[C@H]1CCC2C3CCC4CC(=O)CCC4C3CC[C@@]21CO. The number of fused-ring (bicyclic) bond motifs is 5. The van der Waals surface area contributed by atoms with E-state index in [0.717, 1.165) is 36.5 Å². The van der Waals surface area contributed by atoms with Gasteiger partial charge in [-0.25, -0.2) is 0 Å². The first-order valence-corrected chi connectivity index (χ1v) is 9.28. The zero-order chi connectivity index (χ0) is 14.6. The van der Waals surface area contributed by atoms with Crippen molar-refractivity contribution < 1.29 is 9.90 Å². The number of rotatable bonds is 1. The van der Waals surface area contributed by atoms with Crippen LogP contribution in [0.4, 0.5) is 0 Å². The van der Waals surface area contributed by atoms with Gasteiger partial charge in [0.1, 0.15) is 5.78 Å². The lowest BCUT2D eigenvalue weighted by molar-refractivity contribution is -0.129. The molecular weight excluding hydrogens is 260 g/mol. The number of ketones is 1. The summed E-state index contributed by atoms with van der Waals surface area (Å²) in [5.41, 5.74) is 0.249. The Morgan fingerprint density at radius 2 is 1.90 bits per heavy atom. The quantitative estimate of drug-likeness (QED) is 0.797. The van der Waals surface area contributed by atoms with Gasteiger partial charge in [0.15, 0.2) is 0 Å². The maximum absolute atomic E-state index is 11.8. The summed E-state index contributed by atoms with van der Waals surface area (Å²) in [5, 5.41) is 10.1. The number of carbonyl (C=O) groups is 1. The molecule has 0 bridgehead atoms. The van der Waals surface area contributed by atoms with Crippen LogP contribution in [0.3, 0.4) is 0 Å². The number of carbonyl (C=O) groups excluding carboxylic acids is 1. The third kappa shape index (κ3) is 1.97. The topological polar surface area (TPSA) is 37.3 Å². The predicted octanol–water partition coefficient (Wildman–Crippen LogP) is 3.82. The first-order valence-electron chi connectivity index (χ1n) is 9.28. The van der Waals surface area contributed by atoms with E-state index in [9.17, 15) is 9.90 Å². The average molecular weight is 290 g/mol. The minimum absolute atomic E-state index is 0.249. The summed E-state index contributed by atoms with van der Waals surface area (Å²) in [7, 11) is 0. The lowest BCUT2D eigenvalue weighted by Crippen LogP contribution is -2.50. The van der Waals surface area contributed by atoms with Gasteiger partial charge in [-0.2, -0.15) is 0 Å². The Labute approximate surface area is 128 Å². The molecule has 118 valence electrons. The third-order valence-electron chi connectivity index (χ3n) is 8.21. The van der Waals surface area contributed by atoms with Gasteiger partial charge >= 0.3 is 0 Å². The highest BCUT2D eigenvalue weighted by atomic mass is 16.3. The van der Waals surface area contributed by atoms with Crippen LogP contribution < -0.4 is 0 Å². The van der Waals surface area contributed by atoms with Crippen LogP contribution in [0.1, 0.15) is 64.7 Å². The van der Waals surface area contributed by atoms with Crippen LogP contribution in [0.25, 0.3) is 0 Å². The predicted molar refractivity (Wildman–Crippen MR) is 82.7 cm³/mol. The first-order chi connectivity index (χ1) is 10.2. The monoisotopic (exact) mass is 290 g/mol. The number of Topliss-reactive ketones (excluding diaryl/α,β-unsaturated/α-hetero) is 1. The van der Waals surface area contributed by atoms with E-state index in [4.69, 9.17) is 0 Å².